The highest BCUT2D eigenvalue weighted by Crippen LogP contribution is 2.29. The molecule has 0 radical (unpaired) electrons. The molecule has 140 valence electrons. The Balaban J connectivity index is 1.53. The zero-order valence-electron chi connectivity index (χ0n) is 15.3. The molecule has 4 rings (SSSR count). The molecule has 1 N–H and O–H groups in total. The zero-order valence-corrected chi connectivity index (χ0v) is 16.0. The molecular weight excluding hydrogens is 358 g/mol. The summed E-state index contributed by atoms with van der Waals surface area (Å²) < 4.78 is 11.9. The van der Waals surface area contributed by atoms with Gasteiger partial charge in [0.15, 0.2) is 0 Å². The molecule has 1 saturated heterocycles. The molecule has 1 aliphatic heterocycles. The summed E-state index contributed by atoms with van der Waals surface area (Å²) in [6.07, 6.45) is 2.63. The van der Waals surface area contributed by atoms with Crippen LogP contribution >= 0.6 is 11.6 Å². The lowest BCUT2D eigenvalue weighted by Gasteiger charge is -2.16. The minimum absolute atomic E-state index is 0.329. The summed E-state index contributed by atoms with van der Waals surface area (Å²) >= 11 is 6.09. The first-order valence-electron chi connectivity index (χ1n) is 9.50. The fourth-order valence-corrected chi connectivity index (χ4v) is 3.80. The summed E-state index contributed by atoms with van der Waals surface area (Å²) in [4.78, 5) is 0. The molecule has 1 atom stereocenters. The maximum absolute atomic E-state index is 6.18. The summed E-state index contributed by atoms with van der Waals surface area (Å²) in [5.41, 5.74) is 2.25. The summed E-state index contributed by atoms with van der Waals surface area (Å²) in [5, 5.41) is 6.73. The van der Waals surface area contributed by atoms with Gasteiger partial charge < -0.3 is 14.8 Å². The number of fused-ring (bicyclic) bond motifs is 1. The van der Waals surface area contributed by atoms with E-state index in [1.54, 1.807) is 0 Å². The molecule has 1 heterocycles. The van der Waals surface area contributed by atoms with Gasteiger partial charge in [-0.05, 0) is 47.4 Å². The zero-order chi connectivity index (χ0) is 18.5. The molecule has 3 aromatic carbocycles. The van der Waals surface area contributed by atoms with Gasteiger partial charge in [0, 0.05) is 30.3 Å². The number of ether oxygens (including phenoxy) is 2. The standard InChI is InChI=1S/C23H24ClNO2/c24-19-7-3-5-17(13-19)16-27-23-11-10-18-6-1-2-9-21(18)22(23)15-25-14-20-8-4-12-26-20/h1-3,5-7,9-11,13,20,25H,4,8,12,14-16H2. The van der Waals surface area contributed by atoms with Crippen molar-refractivity contribution in [1.29, 1.82) is 0 Å². The Bertz CT molecular complexity index is 906. The second-order valence-electron chi connectivity index (χ2n) is 6.95. The maximum atomic E-state index is 6.18. The SMILES string of the molecule is Clc1cccc(COc2ccc3ccccc3c2CNCC2CCCO2)c1. The molecular formula is C23H24ClNO2. The van der Waals surface area contributed by atoms with Crippen LogP contribution in [0.4, 0.5) is 0 Å². The van der Waals surface area contributed by atoms with Gasteiger partial charge in [-0.25, -0.2) is 0 Å². The molecule has 27 heavy (non-hydrogen) atoms. The van der Waals surface area contributed by atoms with Gasteiger partial charge >= 0.3 is 0 Å². The summed E-state index contributed by atoms with van der Waals surface area (Å²) in [6, 6.07) is 20.4. The van der Waals surface area contributed by atoms with Crippen LogP contribution in [0.15, 0.2) is 60.7 Å². The van der Waals surface area contributed by atoms with Crippen molar-refractivity contribution in [3.8, 4) is 5.75 Å². The lowest BCUT2D eigenvalue weighted by atomic mass is 10.0. The van der Waals surface area contributed by atoms with Crippen molar-refractivity contribution in [3.05, 3.63) is 76.8 Å². The Kier molecular flexibility index (Phi) is 5.93. The van der Waals surface area contributed by atoms with E-state index < -0.39 is 0 Å². The van der Waals surface area contributed by atoms with Crippen molar-refractivity contribution < 1.29 is 9.47 Å². The number of hydrogen-bond donors (Lipinski definition) is 1. The lowest BCUT2D eigenvalue weighted by Crippen LogP contribution is -2.26. The normalized spacial score (nSPS) is 16.7. The number of hydrogen-bond acceptors (Lipinski definition) is 3. The van der Waals surface area contributed by atoms with Crippen LogP contribution in [0.25, 0.3) is 10.8 Å². The summed E-state index contributed by atoms with van der Waals surface area (Å²) in [7, 11) is 0. The molecule has 0 amide bonds. The minimum Gasteiger partial charge on any atom is -0.489 e. The van der Waals surface area contributed by atoms with Gasteiger partial charge in [0.1, 0.15) is 12.4 Å². The van der Waals surface area contributed by atoms with Crippen molar-refractivity contribution in [2.45, 2.75) is 32.1 Å². The van der Waals surface area contributed by atoms with Gasteiger partial charge in [-0.1, -0.05) is 54.1 Å². The molecule has 1 aliphatic rings. The Morgan fingerprint density at radius 2 is 2.00 bits per heavy atom. The van der Waals surface area contributed by atoms with Crippen LogP contribution in [-0.4, -0.2) is 19.3 Å². The van der Waals surface area contributed by atoms with Crippen LogP contribution in [-0.2, 0) is 17.9 Å². The van der Waals surface area contributed by atoms with Crippen LogP contribution < -0.4 is 10.1 Å². The Morgan fingerprint density at radius 1 is 1.07 bits per heavy atom. The van der Waals surface area contributed by atoms with E-state index >= 15 is 0 Å². The fraction of sp³-hybridized carbons (Fsp3) is 0.304. The van der Waals surface area contributed by atoms with Crippen molar-refractivity contribution in [3.63, 3.8) is 0 Å². The van der Waals surface area contributed by atoms with Crippen LogP contribution in [0.5, 0.6) is 5.75 Å². The largest absolute Gasteiger partial charge is 0.489 e. The molecule has 1 fully saturated rings. The third-order valence-electron chi connectivity index (χ3n) is 4.98. The van der Waals surface area contributed by atoms with E-state index in [-0.39, 0.29) is 0 Å². The Labute approximate surface area is 165 Å². The lowest BCUT2D eigenvalue weighted by molar-refractivity contribution is 0.110. The molecule has 0 aliphatic carbocycles. The average Bonchev–Trinajstić information content (AvgIpc) is 3.20. The fourth-order valence-electron chi connectivity index (χ4n) is 3.58. The quantitative estimate of drug-likeness (QED) is 0.599. The first kappa shape index (κ1) is 18.3. The predicted octanol–water partition coefficient (Wildman–Crippen LogP) is 5.34. The van der Waals surface area contributed by atoms with Gasteiger partial charge in [-0.15, -0.1) is 0 Å². The monoisotopic (exact) mass is 381 g/mol. The van der Waals surface area contributed by atoms with Gasteiger partial charge in [0.05, 0.1) is 6.10 Å². The molecule has 1 unspecified atom stereocenters. The van der Waals surface area contributed by atoms with E-state index in [9.17, 15) is 0 Å². The molecule has 3 aromatic rings. The molecule has 0 bridgehead atoms. The molecule has 0 aromatic heterocycles. The third kappa shape index (κ3) is 4.62. The first-order valence-corrected chi connectivity index (χ1v) is 9.87. The van der Waals surface area contributed by atoms with E-state index in [1.165, 1.54) is 16.3 Å². The smallest absolute Gasteiger partial charge is 0.124 e. The van der Waals surface area contributed by atoms with Crippen LogP contribution in [0.3, 0.4) is 0 Å². The second kappa shape index (κ2) is 8.75. The van der Waals surface area contributed by atoms with Gasteiger partial charge in [-0.2, -0.15) is 0 Å². The number of halogens is 1. The molecule has 0 spiro atoms. The van der Waals surface area contributed by atoms with Crippen molar-refractivity contribution in [2.24, 2.45) is 0 Å². The molecule has 3 nitrogen and oxygen atoms in total. The molecule has 0 saturated carbocycles. The predicted molar refractivity (Wildman–Crippen MR) is 110 cm³/mol. The number of nitrogens with one attached hydrogen (secondary N) is 1. The highest BCUT2D eigenvalue weighted by Gasteiger charge is 2.16. The van der Waals surface area contributed by atoms with Gasteiger partial charge in [-0.3, -0.25) is 0 Å². The van der Waals surface area contributed by atoms with E-state index in [2.05, 4.69) is 41.7 Å². The highest BCUT2D eigenvalue weighted by molar-refractivity contribution is 6.30. The van der Waals surface area contributed by atoms with E-state index in [1.807, 2.05) is 24.3 Å². The first-order chi connectivity index (χ1) is 13.3. The summed E-state index contributed by atoms with van der Waals surface area (Å²) in [6.45, 7) is 3.01. The van der Waals surface area contributed by atoms with Crippen LogP contribution in [0.1, 0.15) is 24.0 Å². The van der Waals surface area contributed by atoms with Crippen molar-refractivity contribution in [2.75, 3.05) is 13.2 Å². The number of rotatable bonds is 7. The number of benzene rings is 3. The topological polar surface area (TPSA) is 30.5 Å². The van der Waals surface area contributed by atoms with E-state index in [0.717, 1.165) is 48.9 Å². The Hall–Kier alpha value is -2.07. The van der Waals surface area contributed by atoms with Crippen LogP contribution in [0, 0.1) is 0 Å². The van der Waals surface area contributed by atoms with E-state index in [4.69, 9.17) is 21.1 Å². The summed E-state index contributed by atoms with van der Waals surface area (Å²) in [5.74, 6) is 0.911. The second-order valence-corrected chi connectivity index (χ2v) is 7.38. The van der Waals surface area contributed by atoms with Gasteiger partial charge in [0.2, 0.25) is 0 Å². The van der Waals surface area contributed by atoms with Crippen molar-refractivity contribution >= 4 is 22.4 Å². The van der Waals surface area contributed by atoms with E-state index in [0.29, 0.717) is 12.7 Å². The highest BCUT2D eigenvalue weighted by atomic mass is 35.5. The Morgan fingerprint density at radius 3 is 2.85 bits per heavy atom. The minimum atomic E-state index is 0.329. The third-order valence-corrected chi connectivity index (χ3v) is 5.21. The van der Waals surface area contributed by atoms with Gasteiger partial charge in [0.25, 0.3) is 0 Å². The average molecular weight is 382 g/mol. The van der Waals surface area contributed by atoms with Crippen molar-refractivity contribution in [1.82, 2.24) is 5.32 Å². The molecule has 4 heteroatoms. The van der Waals surface area contributed by atoms with Crippen LogP contribution in [0.2, 0.25) is 5.02 Å². The maximum Gasteiger partial charge on any atom is 0.124 e.